The van der Waals surface area contributed by atoms with E-state index in [9.17, 15) is 13.6 Å². The molecule has 1 aliphatic carbocycles. The SMILES string of the molecule is NCC1(NC(=O)c2cc(F)ccc2F)CCC1. The largest absolute Gasteiger partial charge is 0.345 e. The summed E-state index contributed by atoms with van der Waals surface area (Å²) in [6, 6.07) is 2.82. The Bertz CT molecular complexity index is 439. The van der Waals surface area contributed by atoms with Gasteiger partial charge in [-0.2, -0.15) is 0 Å². The molecule has 1 aromatic carbocycles. The van der Waals surface area contributed by atoms with E-state index in [1.54, 1.807) is 0 Å². The van der Waals surface area contributed by atoms with E-state index >= 15 is 0 Å². The van der Waals surface area contributed by atoms with Gasteiger partial charge in [0.15, 0.2) is 0 Å². The Morgan fingerprint density at radius 2 is 2.12 bits per heavy atom. The molecule has 1 amide bonds. The Labute approximate surface area is 98.0 Å². The van der Waals surface area contributed by atoms with Crippen molar-refractivity contribution < 1.29 is 13.6 Å². The number of hydrogen-bond acceptors (Lipinski definition) is 2. The van der Waals surface area contributed by atoms with Crippen molar-refractivity contribution in [2.45, 2.75) is 24.8 Å². The highest BCUT2D eigenvalue weighted by Gasteiger charge is 2.37. The summed E-state index contributed by atoms with van der Waals surface area (Å²) < 4.78 is 26.3. The molecule has 0 bridgehead atoms. The Hall–Kier alpha value is -1.49. The van der Waals surface area contributed by atoms with Crippen molar-refractivity contribution >= 4 is 5.91 Å². The maximum Gasteiger partial charge on any atom is 0.254 e. The van der Waals surface area contributed by atoms with E-state index in [2.05, 4.69) is 5.32 Å². The van der Waals surface area contributed by atoms with Gasteiger partial charge in [0.05, 0.1) is 11.1 Å². The summed E-state index contributed by atoms with van der Waals surface area (Å²) in [6.07, 6.45) is 2.56. The van der Waals surface area contributed by atoms with Crippen molar-refractivity contribution in [1.82, 2.24) is 5.32 Å². The molecule has 2 rings (SSSR count). The monoisotopic (exact) mass is 240 g/mol. The van der Waals surface area contributed by atoms with Crippen molar-refractivity contribution in [1.29, 1.82) is 0 Å². The lowest BCUT2D eigenvalue weighted by Crippen LogP contribution is -2.58. The maximum atomic E-state index is 13.4. The minimum absolute atomic E-state index is 0.273. The fourth-order valence-corrected chi connectivity index (χ4v) is 1.96. The normalized spacial score (nSPS) is 17.4. The van der Waals surface area contributed by atoms with E-state index in [0.29, 0.717) is 6.54 Å². The molecule has 0 saturated heterocycles. The molecule has 0 unspecified atom stereocenters. The third-order valence-corrected chi connectivity index (χ3v) is 3.25. The summed E-state index contributed by atoms with van der Waals surface area (Å²) in [5, 5.41) is 2.69. The van der Waals surface area contributed by atoms with Crippen molar-refractivity contribution in [3.05, 3.63) is 35.4 Å². The van der Waals surface area contributed by atoms with Crippen molar-refractivity contribution in [3.8, 4) is 0 Å². The van der Waals surface area contributed by atoms with Gasteiger partial charge in [0.1, 0.15) is 11.6 Å². The van der Waals surface area contributed by atoms with Crippen LogP contribution in [0.2, 0.25) is 0 Å². The topological polar surface area (TPSA) is 55.1 Å². The average Bonchev–Trinajstić information content (AvgIpc) is 2.26. The molecule has 3 nitrogen and oxygen atoms in total. The summed E-state index contributed by atoms with van der Waals surface area (Å²) in [4.78, 5) is 11.8. The number of carbonyl (C=O) groups is 1. The van der Waals surface area contributed by atoms with Crippen LogP contribution in [0, 0.1) is 11.6 Å². The third kappa shape index (κ3) is 2.29. The van der Waals surface area contributed by atoms with Gasteiger partial charge in [-0.15, -0.1) is 0 Å². The van der Waals surface area contributed by atoms with Crippen LogP contribution in [-0.2, 0) is 0 Å². The van der Waals surface area contributed by atoms with E-state index in [-0.39, 0.29) is 5.56 Å². The molecular weight excluding hydrogens is 226 g/mol. The Morgan fingerprint density at radius 1 is 1.41 bits per heavy atom. The minimum atomic E-state index is -0.726. The van der Waals surface area contributed by atoms with Gasteiger partial charge in [0.25, 0.3) is 5.91 Å². The number of benzene rings is 1. The predicted molar refractivity (Wildman–Crippen MR) is 59.5 cm³/mol. The van der Waals surface area contributed by atoms with Gasteiger partial charge in [0, 0.05) is 6.54 Å². The van der Waals surface area contributed by atoms with Gasteiger partial charge in [-0.3, -0.25) is 4.79 Å². The molecule has 0 atom stereocenters. The lowest BCUT2D eigenvalue weighted by Gasteiger charge is -2.41. The molecule has 1 fully saturated rings. The summed E-state index contributed by atoms with van der Waals surface area (Å²) >= 11 is 0. The smallest absolute Gasteiger partial charge is 0.254 e. The lowest BCUT2D eigenvalue weighted by molar-refractivity contribution is 0.0833. The molecule has 5 heteroatoms. The number of hydrogen-bond donors (Lipinski definition) is 2. The number of nitrogens with two attached hydrogens (primary N) is 1. The second-order valence-electron chi connectivity index (χ2n) is 4.42. The van der Waals surface area contributed by atoms with Gasteiger partial charge in [-0.1, -0.05) is 0 Å². The highest BCUT2D eigenvalue weighted by Crippen LogP contribution is 2.31. The first-order chi connectivity index (χ1) is 8.06. The molecule has 0 radical (unpaired) electrons. The summed E-state index contributed by atoms with van der Waals surface area (Å²) in [7, 11) is 0. The van der Waals surface area contributed by atoms with Gasteiger partial charge >= 0.3 is 0 Å². The lowest BCUT2D eigenvalue weighted by atomic mass is 9.76. The minimum Gasteiger partial charge on any atom is -0.345 e. The van der Waals surface area contributed by atoms with Crippen LogP contribution in [0.5, 0.6) is 0 Å². The Morgan fingerprint density at radius 3 is 2.65 bits per heavy atom. The fraction of sp³-hybridized carbons (Fsp3) is 0.417. The maximum absolute atomic E-state index is 13.4. The van der Waals surface area contributed by atoms with Crippen LogP contribution in [-0.4, -0.2) is 18.0 Å². The molecule has 0 spiro atoms. The van der Waals surface area contributed by atoms with E-state index in [0.717, 1.165) is 37.5 Å². The molecule has 1 aliphatic rings. The zero-order valence-corrected chi connectivity index (χ0v) is 9.30. The molecule has 1 aromatic rings. The number of carbonyl (C=O) groups excluding carboxylic acids is 1. The predicted octanol–water partition coefficient (Wildman–Crippen LogP) is 1.58. The highest BCUT2D eigenvalue weighted by atomic mass is 19.1. The van der Waals surface area contributed by atoms with E-state index < -0.39 is 23.1 Å². The molecule has 3 N–H and O–H groups in total. The second-order valence-corrected chi connectivity index (χ2v) is 4.42. The Kier molecular flexibility index (Phi) is 3.11. The van der Waals surface area contributed by atoms with Gasteiger partial charge in [0.2, 0.25) is 0 Å². The van der Waals surface area contributed by atoms with Crippen molar-refractivity contribution in [3.63, 3.8) is 0 Å². The first-order valence-electron chi connectivity index (χ1n) is 5.54. The van der Waals surface area contributed by atoms with Crippen LogP contribution < -0.4 is 11.1 Å². The van der Waals surface area contributed by atoms with Crippen LogP contribution in [0.25, 0.3) is 0 Å². The van der Waals surface area contributed by atoms with Gasteiger partial charge in [-0.05, 0) is 37.5 Å². The number of rotatable bonds is 3. The molecule has 0 aliphatic heterocycles. The molecule has 1 saturated carbocycles. The summed E-state index contributed by atoms with van der Waals surface area (Å²) in [5.74, 6) is -1.96. The van der Waals surface area contributed by atoms with Crippen LogP contribution in [0.15, 0.2) is 18.2 Å². The fourth-order valence-electron chi connectivity index (χ4n) is 1.96. The van der Waals surface area contributed by atoms with Crippen LogP contribution in [0.1, 0.15) is 29.6 Å². The van der Waals surface area contributed by atoms with Crippen LogP contribution in [0.3, 0.4) is 0 Å². The quantitative estimate of drug-likeness (QED) is 0.842. The average molecular weight is 240 g/mol. The summed E-state index contributed by atoms with van der Waals surface area (Å²) in [5.41, 5.74) is 4.87. The highest BCUT2D eigenvalue weighted by molar-refractivity contribution is 5.95. The first-order valence-corrected chi connectivity index (χ1v) is 5.54. The standard InChI is InChI=1S/C12H14F2N2O/c13-8-2-3-10(14)9(6-8)11(17)16-12(7-15)4-1-5-12/h2-3,6H,1,4-5,7,15H2,(H,16,17). The molecule has 17 heavy (non-hydrogen) atoms. The van der Waals surface area contributed by atoms with Crippen LogP contribution in [0.4, 0.5) is 8.78 Å². The van der Waals surface area contributed by atoms with Gasteiger partial charge < -0.3 is 11.1 Å². The first kappa shape index (κ1) is 12.0. The third-order valence-electron chi connectivity index (χ3n) is 3.25. The van der Waals surface area contributed by atoms with E-state index in [1.165, 1.54) is 0 Å². The second kappa shape index (κ2) is 4.41. The molecule has 0 heterocycles. The van der Waals surface area contributed by atoms with Crippen molar-refractivity contribution in [2.75, 3.05) is 6.54 Å². The van der Waals surface area contributed by atoms with Crippen molar-refractivity contribution in [2.24, 2.45) is 5.73 Å². The molecule has 0 aromatic heterocycles. The van der Waals surface area contributed by atoms with E-state index in [1.807, 2.05) is 0 Å². The van der Waals surface area contributed by atoms with Crippen LogP contribution >= 0.6 is 0 Å². The number of amides is 1. The number of halogens is 2. The Balaban J connectivity index is 2.17. The molecular formula is C12H14F2N2O. The van der Waals surface area contributed by atoms with E-state index in [4.69, 9.17) is 5.73 Å². The van der Waals surface area contributed by atoms with Gasteiger partial charge in [-0.25, -0.2) is 8.78 Å². The summed E-state index contributed by atoms with van der Waals surface area (Å²) in [6.45, 7) is 0.315. The molecule has 92 valence electrons. The zero-order chi connectivity index (χ0) is 12.5. The zero-order valence-electron chi connectivity index (χ0n) is 9.30. The number of nitrogens with one attached hydrogen (secondary N) is 1.